The van der Waals surface area contributed by atoms with Crippen molar-refractivity contribution in [1.82, 2.24) is 5.32 Å². The summed E-state index contributed by atoms with van der Waals surface area (Å²) in [5.41, 5.74) is 1.61. The molecule has 4 rings (SSSR count). The van der Waals surface area contributed by atoms with Crippen LogP contribution in [0.25, 0.3) is 11.0 Å². The number of rotatable bonds is 4. The molecule has 0 unspecified atom stereocenters. The van der Waals surface area contributed by atoms with Crippen molar-refractivity contribution in [3.8, 4) is 0 Å². The molecule has 2 saturated carbocycles. The molecule has 20 heavy (non-hydrogen) atoms. The molecule has 0 spiro atoms. The Hall–Kier alpha value is -0.580. The molecule has 2 aliphatic rings. The molecular weight excluding hydrogens is 345 g/mol. The molecule has 2 fully saturated rings. The van der Waals surface area contributed by atoms with E-state index in [2.05, 4.69) is 21.2 Å². The lowest BCUT2D eigenvalue weighted by atomic mass is 10.1. The van der Waals surface area contributed by atoms with Gasteiger partial charge in [-0.3, -0.25) is 0 Å². The fourth-order valence-electron chi connectivity index (χ4n) is 2.70. The largest absolute Gasteiger partial charge is 0.458 e. The lowest BCUT2D eigenvalue weighted by Crippen LogP contribution is -2.15. The summed E-state index contributed by atoms with van der Waals surface area (Å²) in [5, 5.41) is 4.16. The van der Waals surface area contributed by atoms with Crippen molar-refractivity contribution in [2.45, 2.75) is 44.2 Å². The highest BCUT2D eigenvalue weighted by molar-refractivity contribution is 9.10. The number of halogens is 3. The van der Waals surface area contributed by atoms with Crippen molar-refractivity contribution in [3.05, 3.63) is 32.7 Å². The molecule has 1 heterocycles. The van der Waals surface area contributed by atoms with Gasteiger partial charge in [0.1, 0.15) is 5.76 Å². The van der Waals surface area contributed by atoms with Gasteiger partial charge in [0.05, 0.1) is 21.4 Å². The van der Waals surface area contributed by atoms with E-state index in [9.17, 15) is 4.39 Å². The Morgan fingerprint density at radius 3 is 2.75 bits per heavy atom. The van der Waals surface area contributed by atoms with E-state index in [0.717, 1.165) is 28.6 Å². The molecule has 0 radical (unpaired) electrons. The number of nitrogens with one attached hydrogen (secondary N) is 1. The first-order chi connectivity index (χ1) is 9.65. The number of furan rings is 1. The molecule has 0 saturated heterocycles. The minimum Gasteiger partial charge on any atom is -0.458 e. The van der Waals surface area contributed by atoms with Crippen molar-refractivity contribution in [1.29, 1.82) is 0 Å². The predicted molar refractivity (Wildman–Crippen MR) is 80.7 cm³/mol. The summed E-state index contributed by atoms with van der Waals surface area (Å²) in [6, 6.07) is 2.17. The first-order valence-corrected chi connectivity index (χ1v) is 8.14. The van der Waals surface area contributed by atoms with Gasteiger partial charge >= 0.3 is 0 Å². The van der Waals surface area contributed by atoms with Crippen molar-refractivity contribution in [2.75, 3.05) is 0 Å². The molecule has 0 amide bonds. The smallest absolute Gasteiger partial charge is 0.153 e. The van der Waals surface area contributed by atoms with E-state index in [0.29, 0.717) is 29.5 Å². The maximum absolute atomic E-state index is 14.4. The molecule has 1 aromatic carbocycles. The average Bonchev–Trinajstić information content (AvgIpc) is 3.32. The van der Waals surface area contributed by atoms with Crippen LogP contribution in [-0.2, 0) is 6.54 Å². The number of hydrogen-bond acceptors (Lipinski definition) is 2. The number of hydrogen-bond donors (Lipinski definition) is 1. The van der Waals surface area contributed by atoms with E-state index < -0.39 is 0 Å². The Morgan fingerprint density at radius 1 is 1.35 bits per heavy atom. The van der Waals surface area contributed by atoms with Crippen LogP contribution in [0.4, 0.5) is 4.39 Å². The molecule has 0 atom stereocenters. The first-order valence-electron chi connectivity index (χ1n) is 6.97. The fourth-order valence-corrected chi connectivity index (χ4v) is 3.54. The summed E-state index contributed by atoms with van der Waals surface area (Å²) >= 11 is 9.40. The Bertz CT molecular complexity index is 691. The average molecular weight is 359 g/mol. The standard InChI is InChI=1S/C15H14BrClFNO/c16-9-5-10(17)14(18)13-12(7-1-2-7)11(20-15(9)13)6-19-8-3-4-8/h5,7-8,19H,1-4,6H2. The molecule has 106 valence electrons. The zero-order valence-corrected chi connectivity index (χ0v) is 13.2. The van der Waals surface area contributed by atoms with Gasteiger partial charge in [-0.1, -0.05) is 11.6 Å². The van der Waals surface area contributed by atoms with Gasteiger partial charge in [-0.2, -0.15) is 0 Å². The van der Waals surface area contributed by atoms with E-state index in [4.69, 9.17) is 16.0 Å². The van der Waals surface area contributed by atoms with E-state index in [1.54, 1.807) is 6.07 Å². The van der Waals surface area contributed by atoms with Gasteiger partial charge in [-0.05, 0) is 53.6 Å². The van der Waals surface area contributed by atoms with E-state index >= 15 is 0 Å². The molecule has 2 aromatic rings. The van der Waals surface area contributed by atoms with Gasteiger partial charge in [0.2, 0.25) is 0 Å². The predicted octanol–water partition coefficient (Wildman–Crippen LogP) is 5.12. The van der Waals surface area contributed by atoms with Crippen LogP contribution in [0.15, 0.2) is 15.0 Å². The minimum atomic E-state index is -0.354. The van der Waals surface area contributed by atoms with Crippen molar-refractivity contribution in [2.24, 2.45) is 0 Å². The Balaban J connectivity index is 1.87. The molecule has 1 aromatic heterocycles. The van der Waals surface area contributed by atoms with E-state index in [1.165, 1.54) is 12.8 Å². The second-order valence-electron chi connectivity index (χ2n) is 5.73. The topological polar surface area (TPSA) is 25.2 Å². The van der Waals surface area contributed by atoms with Crippen LogP contribution in [0.5, 0.6) is 0 Å². The third kappa shape index (κ3) is 2.18. The lowest BCUT2D eigenvalue weighted by molar-refractivity contribution is 0.505. The van der Waals surface area contributed by atoms with Crippen LogP contribution in [0.1, 0.15) is 42.9 Å². The third-order valence-corrected chi connectivity index (χ3v) is 4.90. The molecular formula is C15H14BrClFNO. The Labute approximate surface area is 129 Å². The van der Waals surface area contributed by atoms with Crippen LogP contribution in [0.2, 0.25) is 5.02 Å². The van der Waals surface area contributed by atoms with Crippen molar-refractivity contribution in [3.63, 3.8) is 0 Å². The normalized spacial score (nSPS) is 18.9. The quantitative estimate of drug-likeness (QED) is 0.768. The molecule has 2 nitrogen and oxygen atoms in total. The molecule has 0 aliphatic heterocycles. The number of benzene rings is 1. The Kier molecular flexibility index (Phi) is 3.09. The molecule has 1 N–H and O–H groups in total. The summed E-state index contributed by atoms with van der Waals surface area (Å²) in [4.78, 5) is 0. The summed E-state index contributed by atoms with van der Waals surface area (Å²) in [6.07, 6.45) is 4.66. The maximum Gasteiger partial charge on any atom is 0.153 e. The van der Waals surface area contributed by atoms with Crippen LogP contribution in [0, 0.1) is 5.82 Å². The molecule has 0 bridgehead atoms. The zero-order chi connectivity index (χ0) is 13.9. The first kappa shape index (κ1) is 13.1. The van der Waals surface area contributed by atoms with Crippen molar-refractivity contribution < 1.29 is 8.81 Å². The molecule has 2 aliphatic carbocycles. The van der Waals surface area contributed by atoms with Gasteiger partial charge in [0.25, 0.3) is 0 Å². The highest BCUT2D eigenvalue weighted by atomic mass is 79.9. The van der Waals surface area contributed by atoms with Gasteiger partial charge in [-0.15, -0.1) is 0 Å². The second-order valence-corrected chi connectivity index (χ2v) is 6.99. The maximum atomic E-state index is 14.4. The van der Waals surface area contributed by atoms with Crippen LogP contribution in [0.3, 0.4) is 0 Å². The SMILES string of the molecule is Fc1c(Cl)cc(Br)c2oc(CNC3CC3)c(C3CC3)c12. The van der Waals surface area contributed by atoms with E-state index in [-0.39, 0.29) is 10.8 Å². The number of fused-ring (bicyclic) bond motifs is 1. The highest BCUT2D eigenvalue weighted by Crippen LogP contribution is 2.49. The molecule has 5 heteroatoms. The van der Waals surface area contributed by atoms with Crippen molar-refractivity contribution >= 4 is 38.5 Å². The summed E-state index contributed by atoms with van der Waals surface area (Å²) in [6.45, 7) is 0.675. The van der Waals surface area contributed by atoms with Gasteiger partial charge in [-0.25, -0.2) is 4.39 Å². The van der Waals surface area contributed by atoms with Gasteiger partial charge in [0, 0.05) is 11.6 Å². The monoisotopic (exact) mass is 357 g/mol. The second kappa shape index (κ2) is 4.72. The lowest BCUT2D eigenvalue weighted by Gasteiger charge is -2.03. The summed E-state index contributed by atoms with van der Waals surface area (Å²) in [7, 11) is 0. The highest BCUT2D eigenvalue weighted by Gasteiger charge is 2.34. The van der Waals surface area contributed by atoms with E-state index in [1.807, 2.05) is 0 Å². The minimum absolute atomic E-state index is 0.147. The third-order valence-electron chi connectivity index (χ3n) is 4.04. The Morgan fingerprint density at radius 2 is 2.10 bits per heavy atom. The van der Waals surface area contributed by atoms with Gasteiger partial charge < -0.3 is 9.73 Å². The zero-order valence-electron chi connectivity index (χ0n) is 10.8. The van der Waals surface area contributed by atoms with Crippen LogP contribution >= 0.6 is 27.5 Å². The fraction of sp³-hybridized carbons (Fsp3) is 0.467. The van der Waals surface area contributed by atoms with Gasteiger partial charge in [0.15, 0.2) is 11.4 Å². The summed E-state index contributed by atoms with van der Waals surface area (Å²) < 4.78 is 21.1. The van der Waals surface area contributed by atoms with Crippen LogP contribution < -0.4 is 5.32 Å². The van der Waals surface area contributed by atoms with Crippen LogP contribution in [-0.4, -0.2) is 6.04 Å². The summed E-state index contributed by atoms with van der Waals surface area (Å²) in [5.74, 6) is 0.941.